The number of hydrogen-bond donors (Lipinski definition) is 2. The van der Waals surface area contributed by atoms with E-state index in [-0.39, 0.29) is 12.0 Å². The van der Waals surface area contributed by atoms with Gasteiger partial charge >= 0.3 is 0 Å². The number of aliphatic hydroxyl groups is 1. The Balaban J connectivity index is 2.06. The van der Waals surface area contributed by atoms with Crippen molar-refractivity contribution in [1.82, 2.24) is 4.72 Å². The minimum Gasteiger partial charge on any atom is -0.396 e. The van der Waals surface area contributed by atoms with Crippen LogP contribution in [0, 0.1) is 19.3 Å². The summed E-state index contributed by atoms with van der Waals surface area (Å²) in [6.45, 7) is 4.29. The molecule has 2 rings (SSSR count). The van der Waals surface area contributed by atoms with Gasteiger partial charge in [0.25, 0.3) is 0 Å². The van der Waals surface area contributed by atoms with E-state index in [0.717, 1.165) is 22.6 Å². The summed E-state index contributed by atoms with van der Waals surface area (Å²) in [6, 6.07) is 1.72. The first-order valence-electron chi connectivity index (χ1n) is 6.06. The molecule has 0 aliphatic heterocycles. The summed E-state index contributed by atoms with van der Waals surface area (Å²) >= 11 is 1.50. The highest BCUT2D eigenvalue weighted by Crippen LogP contribution is 2.48. The van der Waals surface area contributed by atoms with E-state index in [0.29, 0.717) is 17.9 Å². The Hall–Kier alpha value is -0.430. The molecule has 0 unspecified atom stereocenters. The molecule has 1 saturated carbocycles. The Labute approximate surface area is 112 Å². The van der Waals surface area contributed by atoms with E-state index in [1.807, 2.05) is 13.8 Å². The Kier molecular flexibility index (Phi) is 3.82. The minimum absolute atomic E-state index is 0.000785. The van der Waals surface area contributed by atoms with Crippen molar-refractivity contribution in [2.24, 2.45) is 5.41 Å². The monoisotopic (exact) mass is 289 g/mol. The summed E-state index contributed by atoms with van der Waals surface area (Å²) < 4.78 is 27.0. The topological polar surface area (TPSA) is 66.4 Å². The summed E-state index contributed by atoms with van der Waals surface area (Å²) in [5, 5.41) is 8.96. The molecule has 1 fully saturated rings. The predicted octanol–water partition coefficient (Wildman–Crippen LogP) is 1.81. The standard InChI is InChI=1S/C12H19NO3S2/c1-9-7-11(10(2)17-9)18(15,16)13-8-12(3-4-12)5-6-14/h7,13-14H,3-6,8H2,1-2H3. The molecule has 0 bridgehead atoms. The Morgan fingerprint density at radius 1 is 1.44 bits per heavy atom. The number of hydrogen-bond acceptors (Lipinski definition) is 4. The third-order valence-corrected chi connectivity index (χ3v) is 6.14. The molecule has 4 nitrogen and oxygen atoms in total. The third-order valence-electron chi connectivity index (χ3n) is 3.52. The van der Waals surface area contributed by atoms with Crippen LogP contribution < -0.4 is 4.72 Å². The van der Waals surface area contributed by atoms with Gasteiger partial charge in [-0.05, 0) is 44.6 Å². The van der Waals surface area contributed by atoms with Crippen LogP contribution in [0.5, 0.6) is 0 Å². The molecule has 18 heavy (non-hydrogen) atoms. The average molecular weight is 289 g/mol. The molecule has 0 spiro atoms. The van der Waals surface area contributed by atoms with Gasteiger partial charge in [0.05, 0.1) is 4.90 Å². The van der Waals surface area contributed by atoms with Gasteiger partial charge in [0, 0.05) is 22.9 Å². The molecular formula is C12H19NO3S2. The van der Waals surface area contributed by atoms with Gasteiger partial charge in [-0.15, -0.1) is 11.3 Å². The van der Waals surface area contributed by atoms with E-state index in [2.05, 4.69) is 4.72 Å². The zero-order valence-electron chi connectivity index (χ0n) is 10.7. The van der Waals surface area contributed by atoms with Gasteiger partial charge in [0.2, 0.25) is 10.0 Å². The molecule has 1 aromatic heterocycles. The van der Waals surface area contributed by atoms with Crippen LogP contribution in [0.3, 0.4) is 0 Å². The van der Waals surface area contributed by atoms with Crippen molar-refractivity contribution in [3.05, 3.63) is 15.8 Å². The van der Waals surface area contributed by atoms with Crippen LogP contribution in [0.4, 0.5) is 0 Å². The largest absolute Gasteiger partial charge is 0.396 e. The molecule has 0 aromatic carbocycles. The Bertz CT molecular complexity index is 530. The van der Waals surface area contributed by atoms with Crippen molar-refractivity contribution in [3.8, 4) is 0 Å². The number of nitrogens with one attached hydrogen (secondary N) is 1. The first-order chi connectivity index (χ1) is 8.38. The summed E-state index contributed by atoms with van der Waals surface area (Å²) in [6.07, 6.45) is 2.67. The fraction of sp³-hybridized carbons (Fsp3) is 0.667. The molecule has 1 aliphatic rings. The van der Waals surface area contributed by atoms with Crippen LogP contribution in [0.15, 0.2) is 11.0 Å². The number of thiophene rings is 1. The molecule has 2 N–H and O–H groups in total. The van der Waals surface area contributed by atoms with E-state index in [4.69, 9.17) is 5.11 Å². The maximum absolute atomic E-state index is 12.2. The Morgan fingerprint density at radius 3 is 2.56 bits per heavy atom. The fourth-order valence-electron chi connectivity index (χ4n) is 2.13. The molecule has 1 aromatic rings. The van der Waals surface area contributed by atoms with Gasteiger partial charge in [-0.3, -0.25) is 0 Å². The zero-order chi connectivity index (χ0) is 13.4. The molecule has 0 radical (unpaired) electrons. The first-order valence-corrected chi connectivity index (χ1v) is 8.36. The van der Waals surface area contributed by atoms with Crippen LogP contribution >= 0.6 is 11.3 Å². The van der Waals surface area contributed by atoms with Crippen LogP contribution in [-0.2, 0) is 10.0 Å². The van der Waals surface area contributed by atoms with Gasteiger partial charge < -0.3 is 5.11 Å². The predicted molar refractivity (Wildman–Crippen MR) is 72.4 cm³/mol. The van der Waals surface area contributed by atoms with Crippen LogP contribution in [0.2, 0.25) is 0 Å². The van der Waals surface area contributed by atoms with Gasteiger partial charge in [0.15, 0.2) is 0 Å². The van der Waals surface area contributed by atoms with Gasteiger partial charge in [-0.1, -0.05) is 0 Å². The summed E-state index contributed by atoms with van der Waals surface area (Å²) in [5.41, 5.74) is 0.000785. The molecule has 0 atom stereocenters. The lowest BCUT2D eigenvalue weighted by atomic mass is 10.0. The maximum atomic E-state index is 12.2. The lowest BCUT2D eigenvalue weighted by molar-refractivity contribution is 0.249. The SMILES string of the molecule is Cc1cc(S(=O)(=O)NCC2(CCO)CC2)c(C)s1. The van der Waals surface area contributed by atoms with Crippen molar-refractivity contribution in [3.63, 3.8) is 0 Å². The van der Waals surface area contributed by atoms with Crippen molar-refractivity contribution >= 4 is 21.4 Å². The van der Waals surface area contributed by atoms with E-state index < -0.39 is 10.0 Å². The van der Waals surface area contributed by atoms with Crippen LogP contribution in [-0.4, -0.2) is 26.7 Å². The molecule has 1 aliphatic carbocycles. The fourth-order valence-corrected chi connectivity index (χ4v) is 4.84. The van der Waals surface area contributed by atoms with E-state index in [1.54, 1.807) is 6.07 Å². The lowest BCUT2D eigenvalue weighted by Crippen LogP contribution is -2.30. The van der Waals surface area contributed by atoms with E-state index in [9.17, 15) is 8.42 Å². The van der Waals surface area contributed by atoms with Crippen molar-refractivity contribution in [2.45, 2.75) is 38.0 Å². The van der Waals surface area contributed by atoms with Gasteiger partial charge in [-0.2, -0.15) is 0 Å². The van der Waals surface area contributed by atoms with Crippen molar-refractivity contribution in [2.75, 3.05) is 13.2 Å². The second kappa shape index (κ2) is 4.92. The third kappa shape index (κ3) is 2.93. The molecular weight excluding hydrogens is 270 g/mol. The molecule has 102 valence electrons. The second-order valence-corrected chi connectivity index (χ2v) is 8.27. The normalized spacial score (nSPS) is 17.9. The Morgan fingerprint density at radius 2 is 2.11 bits per heavy atom. The molecule has 0 saturated heterocycles. The van der Waals surface area contributed by atoms with Crippen LogP contribution in [0.1, 0.15) is 29.0 Å². The average Bonchev–Trinajstić information content (AvgIpc) is 2.96. The first kappa shape index (κ1) is 14.0. The van der Waals surface area contributed by atoms with Crippen LogP contribution in [0.25, 0.3) is 0 Å². The van der Waals surface area contributed by atoms with E-state index in [1.165, 1.54) is 11.3 Å². The van der Waals surface area contributed by atoms with E-state index >= 15 is 0 Å². The highest BCUT2D eigenvalue weighted by molar-refractivity contribution is 7.89. The minimum atomic E-state index is -3.40. The molecule has 1 heterocycles. The summed E-state index contributed by atoms with van der Waals surface area (Å²) in [5.74, 6) is 0. The van der Waals surface area contributed by atoms with Gasteiger partial charge in [0.1, 0.15) is 0 Å². The zero-order valence-corrected chi connectivity index (χ0v) is 12.3. The number of rotatable bonds is 6. The highest BCUT2D eigenvalue weighted by Gasteiger charge is 2.42. The van der Waals surface area contributed by atoms with Gasteiger partial charge in [-0.25, -0.2) is 13.1 Å². The molecule has 6 heteroatoms. The highest BCUT2D eigenvalue weighted by atomic mass is 32.2. The smallest absolute Gasteiger partial charge is 0.241 e. The second-order valence-electron chi connectivity index (χ2n) is 5.08. The summed E-state index contributed by atoms with van der Waals surface area (Å²) in [7, 11) is -3.40. The summed E-state index contributed by atoms with van der Waals surface area (Å²) in [4.78, 5) is 2.22. The van der Waals surface area contributed by atoms with Crippen molar-refractivity contribution in [1.29, 1.82) is 0 Å². The number of aliphatic hydroxyl groups excluding tert-OH is 1. The molecule has 0 amide bonds. The number of sulfonamides is 1. The lowest BCUT2D eigenvalue weighted by Gasteiger charge is -2.14. The quantitative estimate of drug-likeness (QED) is 0.839. The van der Waals surface area contributed by atoms with Crippen molar-refractivity contribution < 1.29 is 13.5 Å². The maximum Gasteiger partial charge on any atom is 0.241 e. The number of aryl methyl sites for hydroxylation is 2.